The van der Waals surface area contributed by atoms with E-state index in [1.807, 2.05) is 12.1 Å². The molecule has 1 amide bonds. The first kappa shape index (κ1) is 14.4. The van der Waals surface area contributed by atoms with Crippen molar-refractivity contribution in [3.05, 3.63) is 0 Å². The molecule has 0 radical (unpaired) electrons. The summed E-state index contributed by atoms with van der Waals surface area (Å²) in [4.78, 5) is 11.9. The summed E-state index contributed by atoms with van der Waals surface area (Å²) >= 11 is 4.75. The Kier molecular flexibility index (Phi) is 4.60. The average molecular weight is 266 g/mol. The summed E-state index contributed by atoms with van der Waals surface area (Å²) in [5.41, 5.74) is 0. The maximum absolute atomic E-state index is 11.9. The van der Waals surface area contributed by atoms with Crippen molar-refractivity contribution >= 4 is 23.2 Å². The molecule has 1 aliphatic rings. The fourth-order valence-electron chi connectivity index (χ4n) is 2.19. The zero-order valence-electron chi connectivity index (χ0n) is 10.0. The van der Waals surface area contributed by atoms with Crippen LogP contribution in [0.1, 0.15) is 13.8 Å². The number of hydrogen-bond donors (Lipinski definition) is 3. The molecule has 1 aliphatic heterocycles. The number of nitrogens with zero attached hydrogens (tertiary/aromatic N) is 2. The van der Waals surface area contributed by atoms with Gasteiger partial charge in [0.1, 0.15) is 12.1 Å². The average Bonchev–Trinajstić information content (AvgIpc) is 2.26. The predicted octanol–water partition coefficient (Wildman–Crippen LogP) is -0.139. The first-order valence-electron chi connectivity index (χ1n) is 5.51. The van der Waals surface area contributed by atoms with E-state index in [2.05, 4.69) is 10.6 Å². The Hall–Kier alpha value is -1.70. The van der Waals surface area contributed by atoms with Crippen molar-refractivity contribution in [1.82, 2.24) is 10.6 Å². The molecule has 3 N–H and O–H groups in total. The van der Waals surface area contributed by atoms with Crippen molar-refractivity contribution in [2.75, 3.05) is 0 Å². The Bertz CT molecular complexity index is 423. The highest BCUT2D eigenvalue weighted by atomic mass is 32.1. The summed E-state index contributed by atoms with van der Waals surface area (Å²) in [5, 5.41) is 32.8. The van der Waals surface area contributed by atoms with Crippen LogP contribution in [-0.2, 0) is 4.79 Å². The van der Waals surface area contributed by atoms with Crippen molar-refractivity contribution in [3.63, 3.8) is 0 Å². The molecular weight excluding hydrogens is 252 g/mol. The van der Waals surface area contributed by atoms with Gasteiger partial charge in [-0.1, -0.05) is 13.8 Å². The third kappa shape index (κ3) is 2.76. The maximum atomic E-state index is 11.9. The lowest BCUT2D eigenvalue weighted by molar-refractivity contribution is -0.133. The fourth-order valence-corrected chi connectivity index (χ4v) is 2.41. The van der Waals surface area contributed by atoms with Gasteiger partial charge in [-0.25, -0.2) is 0 Å². The molecule has 0 spiro atoms. The van der Waals surface area contributed by atoms with Crippen molar-refractivity contribution in [3.8, 4) is 12.1 Å². The molecule has 0 aromatic heterocycles. The number of carbonyl (C=O) groups excluding carboxylic acids is 1. The highest BCUT2D eigenvalue weighted by Gasteiger charge is 2.43. The SMILES string of the molecule is CC(C)C(C(C#N)C#N)C1C(=O)NC(=S)NC1O. The molecule has 0 saturated carbocycles. The summed E-state index contributed by atoms with van der Waals surface area (Å²) in [6.07, 6.45) is -1.18. The molecule has 6 nitrogen and oxygen atoms in total. The molecule has 1 saturated heterocycles. The third-order valence-corrected chi connectivity index (χ3v) is 3.23. The van der Waals surface area contributed by atoms with Crippen LogP contribution in [0, 0.1) is 46.3 Å². The van der Waals surface area contributed by atoms with E-state index >= 15 is 0 Å². The number of carbonyl (C=O) groups is 1. The molecule has 1 heterocycles. The van der Waals surface area contributed by atoms with E-state index in [0.29, 0.717) is 0 Å². The number of hydrogen-bond acceptors (Lipinski definition) is 5. The van der Waals surface area contributed by atoms with Crippen LogP contribution in [0.3, 0.4) is 0 Å². The molecule has 7 heteroatoms. The monoisotopic (exact) mass is 266 g/mol. The van der Waals surface area contributed by atoms with Crippen LogP contribution >= 0.6 is 12.2 Å². The second-order valence-corrected chi connectivity index (χ2v) is 4.90. The molecule has 96 valence electrons. The highest BCUT2D eigenvalue weighted by molar-refractivity contribution is 7.80. The molecule has 3 atom stereocenters. The van der Waals surface area contributed by atoms with Gasteiger partial charge in [-0.15, -0.1) is 0 Å². The van der Waals surface area contributed by atoms with Crippen LogP contribution in [0.4, 0.5) is 0 Å². The van der Waals surface area contributed by atoms with Crippen LogP contribution < -0.4 is 10.6 Å². The number of amides is 1. The van der Waals surface area contributed by atoms with E-state index in [9.17, 15) is 9.90 Å². The molecule has 0 aromatic carbocycles. The van der Waals surface area contributed by atoms with Crippen LogP contribution in [-0.4, -0.2) is 22.4 Å². The van der Waals surface area contributed by atoms with Crippen LogP contribution in [0.2, 0.25) is 0 Å². The minimum Gasteiger partial charge on any atom is -0.373 e. The molecular formula is C11H14N4O2S. The Balaban J connectivity index is 3.07. The predicted molar refractivity (Wildman–Crippen MR) is 66.4 cm³/mol. The van der Waals surface area contributed by atoms with E-state index in [1.165, 1.54) is 0 Å². The summed E-state index contributed by atoms with van der Waals surface area (Å²) < 4.78 is 0. The lowest BCUT2D eigenvalue weighted by atomic mass is 9.74. The largest absolute Gasteiger partial charge is 0.373 e. The summed E-state index contributed by atoms with van der Waals surface area (Å²) in [6, 6.07) is 3.74. The van der Waals surface area contributed by atoms with E-state index in [1.54, 1.807) is 13.8 Å². The van der Waals surface area contributed by atoms with Crippen LogP contribution in [0.15, 0.2) is 0 Å². The van der Waals surface area contributed by atoms with Gasteiger partial charge in [0.2, 0.25) is 5.91 Å². The molecule has 0 bridgehead atoms. The zero-order valence-corrected chi connectivity index (χ0v) is 10.9. The third-order valence-electron chi connectivity index (χ3n) is 3.01. The molecule has 3 unspecified atom stereocenters. The number of nitriles is 2. The van der Waals surface area contributed by atoms with Gasteiger partial charge in [-0.2, -0.15) is 10.5 Å². The standard InChI is InChI=1S/C11H14N4O2S/c1-5(2)7(6(3-12)4-13)8-9(16)14-11(18)15-10(8)17/h5-9,16H,1-2H3,(H2,14,15,17,18). The van der Waals surface area contributed by atoms with Crippen molar-refractivity contribution in [1.29, 1.82) is 10.5 Å². The maximum Gasteiger partial charge on any atom is 0.234 e. The van der Waals surface area contributed by atoms with Crippen molar-refractivity contribution < 1.29 is 9.90 Å². The van der Waals surface area contributed by atoms with Crippen LogP contribution in [0.25, 0.3) is 0 Å². The van der Waals surface area contributed by atoms with E-state index in [-0.39, 0.29) is 11.0 Å². The Labute approximate surface area is 111 Å². The normalized spacial score (nSPS) is 25.1. The number of aliphatic hydroxyl groups is 1. The first-order valence-corrected chi connectivity index (χ1v) is 5.91. The lowest BCUT2D eigenvalue weighted by Crippen LogP contribution is -2.61. The van der Waals surface area contributed by atoms with Gasteiger partial charge >= 0.3 is 0 Å². The number of thiocarbonyl (C=S) groups is 1. The summed E-state index contributed by atoms with van der Waals surface area (Å²) in [5.74, 6) is -2.95. The van der Waals surface area contributed by atoms with Gasteiger partial charge in [0.05, 0.1) is 18.1 Å². The van der Waals surface area contributed by atoms with Crippen LogP contribution in [0.5, 0.6) is 0 Å². The quantitative estimate of drug-likeness (QED) is 0.613. The van der Waals surface area contributed by atoms with Crippen molar-refractivity contribution in [2.45, 2.75) is 20.1 Å². The van der Waals surface area contributed by atoms with E-state index < -0.39 is 29.9 Å². The zero-order chi connectivity index (χ0) is 13.9. The van der Waals surface area contributed by atoms with E-state index in [0.717, 1.165) is 0 Å². The Morgan fingerprint density at radius 3 is 2.33 bits per heavy atom. The molecule has 1 fully saturated rings. The summed E-state index contributed by atoms with van der Waals surface area (Å²) in [7, 11) is 0. The van der Waals surface area contributed by atoms with Gasteiger partial charge in [-0.05, 0) is 18.1 Å². The van der Waals surface area contributed by atoms with Gasteiger partial charge in [0.25, 0.3) is 0 Å². The Morgan fingerprint density at radius 2 is 1.94 bits per heavy atom. The number of nitrogens with one attached hydrogen (secondary N) is 2. The van der Waals surface area contributed by atoms with Crippen molar-refractivity contribution in [2.24, 2.45) is 23.7 Å². The topological polar surface area (TPSA) is 109 Å². The summed E-state index contributed by atoms with van der Waals surface area (Å²) in [6.45, 7) is 3.61. The second-order valence-electron chi connectivity index (χ2n) is 4.49. The Morgan fingerprint density at radius 1 is 1.39 bits per heavy atom. The molecule has 0 aromatic rings. The lowest BCUT2D eigenvalue weighted by Gasteiger charge is -2.36. The minimum absolute atomic E-state index is 0.0525. The molecule has 1 rings (SSSR count). The minimum atomic E-state index is -1.18. The fraction of sp³-hybridized carbons (Fsp3) is 0.636. The van der Waals surface area contributed by atoms with Gasteiger partial charge < -0.3 is 15.7 Å². The van der Waals surface area contributed by atoms with Gasteiger partial charge in [0.15, 0.2) is 5.11 Å². The smallest absolute Gasteiger partial charge is 0.234 e. The van der Waals surface area contributed by atoms with Gasteiger partial charge in [-0.3, -0.25) is 4.79 Å². The van der Waals surface area contributed by atoms with E-state index in [4.69, 9.17) is 22.7 Å². The first-order chi connectivity index (χ1) is 8.42. The van der Waals surface area contributed by atoms with Gasteiger partial charge in [0, 0.05) is 5.92 Å². The number of aliphatic hydroxyl groups excluding tert-OH is 1. The molecule has 0 aliphatic carbocycles. The number of rotatable bonds is 3. The second kappa shape index (κ2) is 5.76. The highest BCUT2D eigenvalue weighted by Crippen LogP contribution is 2.31. The molecule has 18 heavy (non-hydrogen) atoms.